The van der Waals surface area contributed by atoms with Gasteiger partial charge in [-0.1, -0.05) is 67.9 Å². The molecule has 5 rings (SSSR count). The molecule has 0 spiro atoms. The van der Waals surface area contributed by atoms with Gasteiger partial charge in [-0.25, -0.2) is 4.90 Å². The molecule has 2 aliphatic heterocycles. The van der Waals surface area contributed by atoms with Crippen LogP contribution in [0.4, 0.5) is 11.4 Å². The minimum atomic E-state index is -0.570. The Balaban J connectivity index is 1.19. The van der Waals surface area contributed by atoms with E-state index in [4.69, 9.17) is 11.6 Å². The topological polar surface area (TPSA) is 73.0 Å². The zero-order chi connectivity index (χ0) is 27.5. The lowest BCUT2D eigenvalue weighted by Crippen LogP contribution is -2.48. The molecule has 0 radical (unpaired) electrons. The van der Waals surface area contributed by atoms with Crippen molar-refractivity contribution >= 4 is 40.7 Å². The normalized spacial score (nSPS) is 16.4. The molecule has 2 aliphatic rings. The molecule has 1 saturated heterocycles. The van der Waals surface area contributed by atoms with Gasteiger partial charge in [0.1, 0.15) is 10.7 Å². The zero-order valence-corrected chi connectivity index (χ0v) is 22.8. The Labute approximate surface area is 233 Å². The van der Waals surface area contributed by atoms with E-state index in [0.29, 0.717) is 35.9 Å². The molecule has 39 heavy (non-hydrogen) atoms. The number of rotatable bonds is 7. The SMILES string of the molecule is CC(C)c1ccc(N2C(=O)C(Cl)=C(Nc3ccc(C(=O)N4CCN(Cc5ccccc5)CC4)cc3)C2=O)cc1. The van der Waals surface area contributed by atoms with Crippen LogP contribution in [0.2, 0.25) is 0 Å². The molecule has 200 valence electrons. The molecular weight excluding hydrogens is 512 g/mol. The highest BCUT2D eigenvalue weighted by Crippen LogP contribution is 2.31. The summed E-state index contributed by atoms with van der Waals surface area (Å²) in [6.07, 6.45) is 0. The number of carbonyl (C=O) groups is 3. The number of amides is 3. The molecule has 0 atom stereocenters. The van der Waals surface area contributed by atoms with Crippen LogP contribution in [0, 0.1) is 0 Å². The predicted octanol–water partition coefficient (Wildman–Crippen LogP) is 5.20. The molecule has 3 amide bonds. The number of carbonyl (C=O) groups excluding carboxylic acids is 3. The number of nitrogens with zero attached hydrogens (tertiary/aromatic N) is 3. The summed E-state index contributed by atoms with van der Waals surface area (Å²) >= 11 is 6.29. The lowest BCUT2D eigenvalue weighted by Gasteiger charge is -2.34. The van der Waals surface area contributed by atoms with Gasteiger partial charge in [0.25, 0.3) is 17.7 Å². The largest absolute Gasteiger partial charge is 0.350 e. The van der Waals surface area contributed by atoms with Gasteiger partial charge in [-0.3, -0.25) is 19.3 Å². The van der Waals surface area contributed by atoms with Crippen molar-refractivity contribution in [2.75, 3.05) is 36.4 Å². The number of hydrogen-bond donors (Lipinski definition) is 1. The molecule has 7 nitrogen and oxygen atoms in total. The van der Waals surface area contributed by atoms with Crippen LogP contribution >= 0.6 is 11.6 Å². The van der Waals surface area contributed by atoms with Gasteiger partial charge in [-0.2, -0.15) is 0 Å². The van der Waals surface area contributed by atoms with Gasteiger partial charge in [-0.15, -0.1) is 0 Å². The van der Waals surface area contributed by atoms with E-state index in [9.17, 15) is 14.4 Å². The summed E-state index contributed by atoms with van der Waals surface area (Å²) < 4.78 is 0. The molecule has 0 aromatic heterocycles. The van der Waals surface area contributed by atoms with Gasteiger partial charge >= 0.3 is 0 Å². The van der Waals surface area contributed by atoms with E-state index in [1.165, 1.54) is 5.56 Å². The zero-order valence-electron chi connectivity index (χ0n) is 22.1. The Bertz CT molecular complexity index is 1390. The summed E-state index contributed by atoms with van der Waals surface area (Å²) in [5.41, 5.74) is 3.99. The average molecular weight is 543 g/mol. The van der Waals surface area contributed by atoms with Crippen molar-refractivity contribution in [1.82, 2.24) is 9.80 Å². The Morgan fingerprint density at radius 2 is 1.49 bits per heavy atom. The van der Waals surface area contributed by atoms with Gasteiger partial charge in [0.2, 0.25) is 0 Å². The minimum Gasteiger partial charge on any atom is -0.350 e. The highest BCUT2D eigenvalue weighted by molar-refractivity contribution is 6.53. The van der Waals surface area contributed by atoms with E-state index in [0.717, 1.165) is 30.1 Å². The first-order chi connectivity index (χ1) is 18.8. The second kappa shape index (κ2) is 11.4. The Hall–Kier alpha value is -3.94. The molecule has 0 unspecified atom stereocenters. The van der Waals surface area contributed by atoms with Crippen molar-refractivity contribution in [3.05, 3.63) is 106 Å². The number of halogens is 1. The van der Waals surface area contributed by atoms with Crippen molar-refractivity contribution in [2.45, 2.75) is 26.3 Å². The Morgan fingerprint density at radius 1 is 0.846 bits per heavy atom. The highest BCUT2D eigenvalue weighted by Gasteiger charge is 2.39. The van der Waals surface area contributed by atoms with Crippen molar-refractivity contribution in [1.29, 1.82) is 0 Å². The first-order valence-corrected chi connectivity index (χ1v) is 13.5. The lowest BCUT2D eigenvalue weighted by molar-refractivity contribution is -0.120. The van der Waals surface area contributed by atoms with E-state index < -0.39 is 11.8 Å². The van der Waals surface area contributed by atoms with Gasteiger partial charge in [0.05, 0.1) is 5.69 Å². The van der Waals surface area contributed by atoms with Crippen LogP contribution in [0.5, 0.6) is 0 Å². The molecule has 0 aliphatic carbocycles. The summed E-state index contributed by atoms with van der Waals surface area (Å²) in [6, 6.07) is 24.5. The molecule has 3 aromatic rings. The third-order valence-corrected chi connectivity index (χ3v) is 7.51. The fraction of sp³-hybridized carbons (Fsp3) is 0.258. The first kappa shape index (κ1) is 26.7. The molecule has 3 aromatic carbocycles. The second-order valence-electron chi connectivity index (χ2n) is 10.1. The maximum atomic E-state index is 13.1. The third kappa shape index (κ3) is 5.75. The van der Waals surface area contributed by atoms with Crippen LogP contribution < -0.4 is 10.2 Å². The number of piperazine rings is 1. The number of hydrogen-bond acceptors (Lipinski definition) is 5. The van der Waals surface area contributed by atoms with Crippen molar-refractivity contribution in [3.63, 3.8) is 0 Å². The maximum Gasteiger partial charge on any atom is 0.283 e. The van der Waals surface area contributed by atoms with Crippen LogP contribution in [-0.4, -0.2) is 53.7 Å². The number of imide groups is 1. The third-order valence-electron chi connectivity index (χ3n) is 7.15. The highest BCUT2D eigenvalue weighted by atomic mass is 35.5. The lowest BCUT2D eigenvalue weighted by atomic mass is 10.0. The summed E-state index contributed by atoms with van der Waals surface area (Å²) in [7, 11) is 0. The summed E-state index contributed by atoms with van der Waals surface area (Å²) in [4.78, 5) is 44.3. The molecule has 0 bridgehead atoms. The van der Waals surface area contributed by atoms with Crippen LogP contribution in [-0.2, 0) is 16.1 Å². The molecule has 1 fully saturated rings. The summed E-state index contributed by atoms with van der Waals surface area (Å²) in [5.74, 6) is -0.779. The fourth-order valence-corrected chi connectivity index (χ4v) is 5.04. The van der Waals surface area contributed by atoms with E-state index in [1.54, 1.807) is 36.4 Å². The smallest absolute Gasteiger partial charge is 0.283 e. The second-order valence-corrected chi connectivity index (χ2v) is 10.5. The van der Waals surface area contributed by atoms with E-state index >= 15 is 0 Å². The van der Waals surface area contributed by atoms with Gasteiger partial charge in [0, 0.05) is 44.0 Å². The van der Waals surface area contributed by atoms with Crippen LogP contribution in [0.1, 0.15) is 41.3 Å². The van der Waals surface area contributed by atoms with E-state index in [-0.39, 0.29) is 16.6 Å². The number of nitrogens with one attached hydrogen (secondary N) is 1. The predicted molar refractivity (Wildman–Crippen MR) is 154 cm³/mol. The first-order valence-electron chi connectivity index (χ1n) is 13.1. The maximum absolute atomic E-state index is 13.1. The fourth-order valence-electron chi connectivity index (χ4n) is 4.83. The molecule has 8 heteroatoms. The summed E-state index contributed by atoms with van der Waals surface area (Å²) in [5, 5.41) is 2.81. The standard InChI is InChI=1S/C31H31ClN4O3/c1-21(2)23-10-14-26(15-11-23)36-30(38)27(32)28(31(36)39)33-25-12-8-24(9-13-25)29(37)35-18-16-34(17-19-35)20-22-6-4-3-5-7-22/h3-15,21,33H,16-20H2,1-2H3. The Morgan fingerprint density at radius 3 is 2.10 bits per heavy atom. The Kier molecular flexibility index (Phi) is 7.82. The minimum absolute atomic E-state index is 0.0169. The van der Waals surface area contributed by atoms with Crippen LogP contribution in [0.3, 0.4) is 0 Å². The molecular formula is C31H31ClN4O3. The average Bonchev–Trinajstić information content (AvgIpc) is 3.17. The van der Waals surface area contributed by atoms with E-state index in [1.807, 2.05) is 35.2 Å². The van der Waals surface area contributed by atoms with Gasteiger partial charge < -0.3 is 10.2 Å². The summed E-state index contributed by atoms with van der Waals surface area (Å²) in [6.45, 7) is 8.00. The quantitative estimate of drug-likeness (QED) is 0.415. The van der Waals surface area contributed by atoms with Crippen molar-refractivity contribution in [2.24, 2.45) is 0 Å². The molecule has 0 saturated carbocycles. The van der Waals surface area contributed by atoms with Crippen LogP contribution in [0.15, 0.2) is 89.6 Å². The number of benzene rings is 3. The molecule has 2 heterocycles. The van der Waals surface area contributed by atoms with Crippen molar-refractivity contribution in [3.8, 4) is 0 Å². The number of anilines is 2. The van der Waals surface area contributed by atoms with E-state index in [2.05, 4.69) is 36.2 Å². The van der Waals surface area contributed by atoms with Gasteiger partial charge in [-0.05, 0) is 53.4 Å². The van der Waals surface area contributed by atoms with Gasteiger partial charge in [0.15, 0.2) is 0 Å². The monoisotopic (exact) mass is 542 g/mol. The van der Waals surface area contributed by atoms with Crippen LogP contribution in [0.25, 0.3) is 0 Å². The van der Waals surface area contributed by atoms with Crippen molar-refractivity contribution < 1.29 is 14.4 Å². The molecule has 1 N–H and O–H groups in total.